The standard InChI is InChI=1S/CH4N2O/c1-2-3-4/h1H3,(H,2,4)/p+1. The van der Waals surface area contributed by atoms with Gasteiger partial charge in [0.1, 0.15) is 0 Å². The molecule has 0 saturated carbocycles. The second kappa shape index (κ2) is 2.40. The van der Waals surface area contributed by atoms with Gasteiger partial charge in [0, 0.05) is 0 Å². The first kappa shape index (κ1) is 3.40. The summed E-state index contributed by atoms with van der Waals surface area (Å²) in [5.41, 5.74) is 0. The Balaban J connectivity index is 2.55. The summed E-state index contributed by atoms with van der Waals surface area (Å²) in [6, 6.07) is 0. The molecule has 0 aliphatic carbocycles. The highest BCUT2D eigenvalue weighted by molar-refractivity contribution is 3.83. The summed E-state index contributed by atoms with van der Waals surface area (Å²) in [6.45, 7) is 0. The molecule has 2 N–H and O–H groups in total. The predicted octanol–water partition coefficient (Wildman–Crippen LogP) is -0.292. The lowest BCUT2D eigenvalue weighted by Gasteiger charge is -1.48. The van der Waals surface area contributed by atoms with Crippen LogP contribution in [0.4, 0.5) is 0 Å². The van der Waals surface area contributed by atoms with Gasteiger partial charge in [-0.2, -0.15) is 0 Å². The van der Waals surface area contributed by atoms with Gasteiger partial charge in [0.05, 0.1) is 7.05 Å². The van der Waals surface area contributed by atoms with Gasteiger partial charge >= 0.3 is 0 Å². The minimum Gasteiger partial charge on any atom is -0.453 e. The van der Waals surface area contributed by atoms with Gasteiger partial charge < -0.3 is 5.21 Å². The van der Waals surface area contributed by atoms with E-state index in [1.165, 1.54) is 7.05 Å². The Labute approximate surface area is 23.9 Å². The molecule has 0 aromatic carbocycles. The van der Waals surface area contributed by atoms with Gasteiger partial charge in [-0.25, -0.2) is 0 Å². The molecular formula is CH5N2O+. The summed E-state index contributed by atoms with van der Waals surface area (Å²) in [5.74, 6) is 0. The molecule has 0 rings (SSSR count). The van der Waals surface area contributed by atoms with Crippen molar-refractivity contribution in [3.63, 3.8) is 0 Å². The molecule has 3 heteroatoms. The lowest BCUT2D eigenvalue weighted by atomic mass is 11.6. The highest BCUT2D eigenvalue weighted by Gasteiger charge is 1.39. The maximum Gasteiger partial charge on any atom is 0.175 e. The Morgan fingerprint density at radius 2 is 2.00 bits per heavy atom. The maximum atomic E-state index is 5.91. The van der Waals surface area contributed by atoms with E-state index in [1.54, 1.807) is 0 Å². The Kier molecular flexibility index (Phi) is 2.04. The fourth-order valence-electron chi connectivity index (χ4n) is 0. The molecule has 4 heavy (non-hydrogen) atoms. The van der Waals surface area contributed by atoms with Gasteiger partial charge in [-0.1, -0.05) is 0 Å². The fraction of sp³-hybridized carbons (Fsp3) is 1.00. The maximum absolute atomic E-state index is 5.91. The summed E-state index contributed by atoms with van der Waals surface area (Å²) in [7, 11) is 1.45. The average molecular weight is 61.1 g/mol. The van der Waals surface area contributed by atoms with E-state index in [0.717, 1.165) is 0 Å². The van der Waals surface area contributed by atoms with Gasteiger partial charge in [0.2, 0.25) is 0 Å². The van der Waals surface area contributed by atoms with E-state index >= 15 is 0 Å². The van der Waals surface area contributed by atoms with Crippen molar-refractivity contribution >= 4 is 0 Å². The first-order valence-corrected chi connectivity index (χ1v) is 0.871. The summed E-state index contributed by atoms with van der Waals surface area (Å²) in [6.07, 6.45) is 0. The topological polar surface area (TPSA) is 47.6 Å². The van der Waals surface area contributed by atoms with Crippen molar-refractivity contribution in [2.24, 2.45) is 10.4 Å². The molecule has 0 atom stereocenters. The fourth-order valence-corrected chi connectivity index (χ4v) is 0. The van der Waals surface area contributed by atoms with E-state index in [-0.39, 0.29) is 0 Å². The van der Waals surface area contributed by atoms with Gasteiger partial charge in [-0.3, -0.25) is 0 Å². The molecule has 3 nitrogen and oxygen atoms in total. The Morgan fingerprint density at radius 3 is 2.00 bits per heavy atom. The molecule has 24 valence electrons. The van der Waals surface area contributed by atoms with E-state index in [2.05, 4.69) is 10.4 Å². The molecular weight excluding hydrogens is 56.0 g/mol. The van der Waals surface area contributed by atoms with Crippen molar-refractivity contribution < 1.29 is 5.21 Å². The highest BCUT2D eigenvalue weighted by Crippen LogP contribution is 1.47. The van der Waals surface area contributed by atoms with Gasteiger partial charge in [-0.15, -0.1) is 5.11 Å². The van der Waals surface area contributed by atoms with Crippen LogP contribution in [-0.4, -0.2) is 12.3 Å². The van der Waals surface area contributed by atoms with Crippen LogP contribution in [0.25, 0.3) is 0 Å². The van der Waals surface area contributed by atoms with Crippen molar-refractivity contribution in [3.8, 4) is 0 Å². The van der Waals surface area contributed by atoms with Crippen LogP contribution in [-0.2, 0) is 0 Å². The summed E-state index contributed by atoms with van der Waals surface area (Å²) in [5, 5.41) is 11.5. The highest BCUT2D eigenvalue weighted by atomic mass is 16.5. The van der Waals surface area contributed by atoms with Gasteiger partial charge in [0.25, 0.3) is 0 Å². The zero-order valence-electron chi connectivity index (χ0n) is 2.39. The lowest BCUT2D eigenvalue weighted by Crippen LogP contribution is -1.40. The van der Waals surface area contributed by atoms with Crippen LogP contribution < -0.4 is 0 Å². The van der Waals surface area contributed by atoms with Crippen molar-refractivity contribution in [2.45, 2.75) is 0 Å². The Morgan fingerprint density at radius 1 is 1.75 bits per heavy atom. The van der Waals surface area contributed by atoms with Gasteiger partial charge in [0.15, 0.2) is 5.28 Å². The zero-order chi connectivity index (χ0) is 3.41. The summed E-state index contributed by atoms with van der Waals surface area (Å²) < 4.78 is 0. The van der Waals surface area contributed by atoms with Crippen LogP contribution in [0.3, 0.4) is 0 Å². The first-order valence-electron chi connectivity index (χ1n) is 0.871. The summed E-state index contributed by atoms with van der Waals surface area (Å²) in [4.78, 5) is 0. The third-order valence-electron chi connectivity index (χ3n) is 0.100. The lowest BCUT2D eigenvalue weighted by molar-refractivity contribution is 0.285. The Bertz CT molecular complexity index is 21.2. The van der Waals surface area contributed by atoms with Crippen LogP contribution in [0.2, 0.25) is 0 Å². The number of hydrogen-bond acceptors (Lipinski definition) is 2. The minimum absolute atomic E-state index is 1.45. The predicted molar refractivity (Wildman–Crippen MR) is 14.4 cm³/mol. The summed E-state index contributed by atoms with van der Waals surface area (Å²) >= 11 is 0. The van der Waals surface area contributed by atoms with E-state index in [4.69, 9.17) is 5.21 Å². The van der Waals surface area contributed by atoms with E-state index in [0.29, 0.717) is 0 Å². The van der Waals surface area contributed by atoms with E-state index in [9.17, 15) is 0 Å². The number of nitrogens with zero attached hydrogens (tertiary/aromatic N) is 2. The van der Waals surface area contributed by atoms with Crippen LogP contribution in [0.15, 0.2) is 10.4 Å². The second-order valence-corrected chi connectivity index (χ2v) is 0.300. The van der Waals surface area contributed by atoms with Crippen LogP contribution >= 0.6 is 0 Å². The molecule has 0 fully saturated rings. The third-order valence-corrected chi connectivity index (χ3v) is 0.100. The van der Waals surface area contributed by atoms with Crippen molar-refractivity contribution in [3.05, 3.63) is 0 Å². The molecule has 0 aliphatic heterocycles. The number of hydrogen-bond donors (Lipinski definition) is 0. The molecule has 0 aromatic rings. The van der Waals surface area contributed by atoms with Crippen LogP contribution in [0, 0.1) is 0 Å². The SMILES string of the molecule is CN=N[OH2+]. The monoisotopic (exact) mass is 61.0 g/mol. The van der Waals surface area contributed by atoms with Crippen LogP contribution in [0.1, 0.15) is 0 Å². The minimum atomic E-state index is 1.45. The van der Waals surface area contributed by atoms with Crippen molar-refractivity contribution in [2.75, 3.05) is 7.05 Å². The Hall–Kier alpha value is -0.600. The largest absolute Gasteiger partial charge is 0.453 e. The molecule has 0 aliphatic rings. The second-order valence-electron chi connectivity index (χ2n) is 0.300. The molecule has 0 heterocycles. The molecule has 0 radical (unpaired) electrons. The van der Waals surface area contributed by atoms with Crippen molar-refractivity contribution in [1.29, 1.82) is 0 Å². The molecule has 0 saturated heterocycles. The molecule has 0 amide bonds. The molecule has 0 unspecified atom stereocenters. The van der Waals surface area contributed by atoms with Gasteiger partial charge in [-0.05, 0) is 0 Å². The molecule has 0 spiro atoms. The quantitative estimate of drug-likeness (QED) is 0.210. The van der Waals surface area contributed by atoms with E-state index in [1.807, 2.05) is 0 Å². The third kappa shape index (κ3) is 1.40. The van der Waals surface area contributed by atoms with Crippen molar-refractivity contribution in [1.82, 2.24) is 0 Å². The van der Waals surface area contributed by atoms with Crippen LogP contribution in [0.5, 0.6) is 0 Å². The average Bonchev–Trinajstić information content (AvgIpc) is 1.37. The molecule has 0 bridgehead atoms. The first-order chi connectivity index (χ1) is 1.91. The number of rotatable bonds is 0. The molecule has 0 aromatic heterocycles. The smallest absolute Gasteiger partial charge is 0.175 e. The van der Waals surface area contributed by atoms with E-state index < -0.39 is 0 Å². The zero-order valence-corrected chi connectivity index (χ0v) is 2.39. The normalized spacial score (nSPS) is 9.25.